The number of ketones is 1. The third-order valence-corrected chi connectivity index (χ3v) is 4.96. The van der Waals surface area contributed by atoms with E-state index in [4.69, 9.17) is 11.6 Å². The summed E-state index contributed by atoms with van der Waals surface area (Å²) >= 11 is 5.55. The van der Waals surface area contributed by atoms with Crippen LogP contribution in [-0.4, -0.2) is 31.1 Å². The van der Waals surface area contributed by atoms with Crippen molar-refractivity contribution in [1.82, 2.24) is 0 Å². The van der Waals surface area contributed by atoms with Gasteiger partial charge in [0.15, 0.2) is 9.84 Å². The highest BCUT2D eigenvalue weighted by molar-refractivity contribution is 7.91. The number of rotatable bonds is 7. The Morgan fingerprint density at radius 3 is 2.13 bits per heavy atom. The summed E-state index contributed by atoms with van der Waals surface area (Å²) in [4.78, 5) is 11.2. The fraction of sp³-hybridized carbons (Fsp3) is 0.900. The Bertz CT molecular complexity index is 296. The average molecular weight is 255 g/mol. The zero-order chi connectivity index (χ0) is 12.1. The van der Waals surface area contributed by atoms with Crippen molar-refractivity contribution in [3.05, 3.63) is 0 Å². The van der Waals surface area contributed by atoms with Crippen LogP contribution in [0.2, 0.25) is 0 Å². The number of carbonyl (C=O) groups is 1. The van der Waals surface area contributed by atoms with Crippen molar-refractivity contribution in [2.45, 2.75) is 38.9 Å². The SMILES string of the molecule is CC(=O)C(CCCl)CCS(=O)(=O)C(C)C. The van der Waals surface area contributed by atoms with Gasteiger partial charge in [0.1, 0.15) is 5.78 Å². The summed E-state index contributed by atoms with van der Waals surface area (Å²) in [6.07, 6.45) is 0.951. The molecule has 0 rings (SSSR count). The van der Waals surface area contributed by atoms with E-state index < -0.39 is 9.84 Å². The number of hydrogen-bond acceptors (Lipinski definition) is 3. The van der Waals surface area contributed by atoms with E-state index in [-0.39, 0.29) is 22.7 Å². The van der Waals surface area contributed by atoms with Crippen molar-refractivity contribution in [2.75, 3.05) is 11.6 Å². The monoisotopic (exact) mass is 254 g/mol. The largest absolute Gasteiger partial charge is 0.300 e. The van der Waals surface area contributed by atoms with E-state index in [0.29, 0.717) is 18.7 Å². The summed E-state index contributed by atoms with van der Waals surface area (Å²) in [5.74, 6) is 0.281. The number of halogens is 1. The van der Waals surface area contributed by atoms with Crippen LogP contribution >= 0.6 is 11.6 Å². The number of carbonyl (C=O) groups excluding carboxylic acids is 1. The Morgan fingerprint density at radius 1 is 1.27 bits per heavy atom. The Balaban J connectivity index is 4.28. The van der Waals surface area contributed by atoms with Crippen molar-refractivity contribution >= 4 is 27.2 Å². The molecule has 0 aromatic rings. The predicted octanol–water partition coefficient (Wildman–Crippen LogP) is 2.03. The summed E-state index contributed by atoms with van der Waals surface area (Å²) in [6, 6.07) is 0. The van der Waals surface area contributed by atoms with E-state index in [1.54, 1.807) is 13.8 Å². The Morgan fingerprint density at radius 2 is 1.80 bits per heavy atom. The van der Waals surface area contributed by atoms with Crippen LogP contribution in [0.3, 0.4) is 0 Å². The summed E-state index contributed by atoms with van der Waals surface area (Å²) in [5, 5.41) is -0.374. The lowest BCUT2D eigenvalue weighted by Gasteiger charge is -2.13. The van der Waals surface area contributed by atoms with Gasteiger partial charge in [-0.3, -0.25) is 4.79 Å². The normalized spacial score (nSPS) is 14.2. The second kappa shape index (κ2) is 6.48. The van der Waals surface area contributed by atoms with E-state index in [2.05, 4.69) is 0 Å². The molecule has 0 aromatic heterocycles. The van der Waals surface area contributed by atoms with Gasteiger partial charge in [-0.15, -0.1) is 11.6 Å². The molecule has 5 heteroatoms. The lowest BCUT2D eigenvalue weighted by Crippen LogP contribution is -2.22. The molecule has 0 heterocycles. The first-order valence-electron chi connectivity index (χ1n) is 5.09. The standard InChI is InChI=1S/C10H19ClO3S/c1-8(2)15(13,14)7-5-10(4-6-11)9(3)12/h8,10H,4-7H2,1-3H3. The molecule has 0 fully saturated rings. The minimum absolute atomic E-state index is 0.0228. The van der Waals surface area contributed by atoms with E-state index in [9.17, 15) is 13.2 Å². The zero-order valence-corrected chi connectivity index (χ0v) is 11.1. The van der Waals surface area contributed by atoms with Gasteiger partial charge < -0.3 is 0 Å². The van der Waals surface area contributed by atoms with Crippen molar-refractivity contribution in [3.8, 4) is 0 Å². The first-order chi connectivity index (χ1) is 6.81. The molecule has 0 saturated carbocycles. The van der Waals surface area contributed by atoms with Gasteiger partial charge >= 0.3 is 0 Å². The van der Waals surface area contributed by atoms with Gasteiger partial charge in [-0.05, 0) is 33.6 Å². The number of alkyl halides is 1. The smallest absolute Gasteiger partial charge is 0.152 e. The second-order valence-electron chi connectivity index (χ2n) is 3.99. The van der Waals surface area contributed by atoms with Crippen molar-refractivity contribution in [2.24, 2.45) is 5.92 Å². The van der Waals surface area contributed by atoms with Crippen LogP contribution in [0.15, 0.2) is 0 Å². The third kappa shape index (κ3) is 5.52. The molecule has 0 aromatic carbocycles. The van der Waals surface area contributed by atoms with Gasteiger partial charge in [-0.1, -0.05) is 0 Å². The molecule has 0 aliphatic heterocycles. The number of Topliss-reactive ketones (excluding diaryl/α,β-unsaturated/α-hetero) is 1. The second-order valence-corrected chi connectivity index (χ2v) is 7.04. The lowest BCUT2D eigenvalue weighted by atomic mass is 9.99. The maximum Gasteiger partial charge on any atom is 0.152 e. The van der Waals surface area contributed by atoms with E-state index in [1.807, 2.05) is 0 Å². The van der Waals surface area contributed by atoms with Gasteiger partial charge in [0.25, 0.3) is 0 Å². The average Bonchev–Trinajstić information content (AvgIpc) is 2.11. The van der Waals surface area contributed by atoms with Gasteiger partial charge in [0.05, 0.1) is 11.0 Å². The molecular weight excluding hydrogens is 236 g/mol. The Labute approximate surface area is 97.1 Å². The molecule has 0 aliphatic carbocycles. The fourth-order valence-corrected chi connectivity index (χ4v) is 2.57. The van der Waals surface area contributed by atoms with E-state index >= 15 is 0 Å². The van der Waals surface area contributed by atoms with Crippen molar-refractivity contribution in [1.29, 1.82) is 0 Å². The predicted molar refractivity (Wildman–Crippen MR) is 63.0 cm³/mol. The minimum Gasteiger partial charge on any atom is -0.300 e. The minimum atomic E-state index is -3.04. The topological polar surface area (TPSA) is 51.2 Å². The van der Waals surface area contributed by atoms with E-state index in [1.165, 1.54) is 6.92 Å². The molecule has 90 valence electrons. The van der Waals surface area contributed by atoms with Gasteiger partial charge in [0, 0.05) is 11.8 Å². The molecule has 0 amide bonds. The first kappa shape index (κ1) is 14.9. The molecule has 0 saturated heterocycles. The number of hydrogen-bond donors (Lipinski definition) is 0. The molecule has 15 heavy (non-hydrogen) atoms. The molecule has 0 bridgehead atoms. The summed E-state index contributed by atoms with van der Waals surface area (Å²) in [7, 11) is -3.04. The Kier molecular flexibility index (Phi) is 6.44. The maximum absolute atomic E-state index is 11.5. The summed E-state index contributed by atoms with van der Waals surface area (Å²) < 4.78 is 23.0. The molecule has 3 nitrogen and oxygen atoms in total. The summed E-state index contributed by atoms with van der Waals surface area (Å²) in [5.41, 5.74) is 0. The van der Waals surface area contributed by atoms with Crippen LogP contribution in [-0.2, 0) is 14.6 Å². The van der Waals surface area contributed by atoms with Gasteiger partial charge in [0.2, 0.25) is 0 Å². The quantitative estimate of drug-likeness (QED) is 0.654. The zero-order valence-electron chi connectivity index (χ0n) is 9.49. The fourth-order valence-electron chi connectivity index (χ4n) is 1.22. The molecule has 1 atom stereocenters. The van der Waals surface area contributed by atoms with Crippen LogP contribution in [0.1, 0.15) is 33.6 Å². The third-order valence-electron chi connectivity index (χ3n) is 2.50. The lowest BCUT2D eigenvalue weighted by molar-refractivity contribution is -0.120. The molecule has 1 unspecified atom stereocenters. The van der Waals surface area contributed by atoms with E-state index in [0.717, 1.165) is 0 Å². The summed E-state index contributed by atoms with van der Waals surface area (Å²) in [6.45, 7) is 4.79. The number of sulfone groups is 1. The van der Waals surface area contributed by atoms with Gasteiger partial charge in [-0.25, -0.2) is 8.42 Å². The molecule has 0 N–H and O–H groups in total. The van der Waals surface area contributed by atoms with Crippen molar-refractivity contribution < 1.29 is 13.2 Å². The van der Waals surface area contributed by atoms with Crippen LogP contribution in [0, 0.1) is 5.92 Å². The molecular formula is C10H19ClO3S. The molecule has 0 radical (unpaired) electrons. The van der Waals surface area contributed by atoms with Crippen molar-refractivity contribution in [3.63, 3.8) is 0 Å². The highest BCUT2D eigenvalue weighted by atomic mass is 35.5. The van der Waals surface area contributed by atoms with Gasteiger partial charge in [-0.2, -0.15) is 0 Å². The maximum atomic E-state index is 11.5. The van der Waals surface area contributed by atoms with Crippen LogP contribution < -0.4 is 0 Å². The first-order valence-corrected chi connectivity index (χ1v) is 7.34. The van der Waals surface area contributed by atoms with Crippen LogP contribution in [0.5, 0.6) is 0 Å². The molecule has 0 aliphatic rings. The Hall–Kier alpha value is -0.0900. The van der Waals surface area contributed by atoms with Crippen LogP contribution in [0.4, 0.5) is 0 Å². The highest BCUT2D eigenvalue weighted by Gasteiger charge is 2.20. The molecule has 0 spiro atoms. The van der Waals surface area contributed by atoms with Crippen LogP contribution in [0.25, 0.3) is 0 Å². The highest BCUT2D eigenvalue weighted by Crippen LogP contribution is 2.14.